The minimum atomic E-state index is -1.12. The highest BCUT2D eigenvalue weighted by Gasteiger charge is 2.36. The van der Waals surface area contributed by atoms with E-state index >= 15 is 0 Å². The van der Waals surface area contributed by atoms with E-state index < -0.39 is 12.0 Å². The molecule has 0 saturated carbocycles. The first-order valence-electron chi connectivity index (χ1n) is 11.1. The van der Waals surface area contributed by atoms with Crippen LogP contribution in [0.4, 0.5) is 10.1 Å². The van der Waals surface area contributed by atoms with Gasteiger partial charge in [0.15, 0.2) is 0 Å². The van der Waals surface area contributed by atoms with Gasteiger partial charge in [-0.15, -0.1) is 11.8 Å². The third-order valence-electron chi connectivity index (χ3n) is 5.99. The van der Waals surface area contributed by atoms with E-state index in [9.17, 15) is 23.9 Å². The van der Waals surface area contributed by atoms with Crippen molar-refractivity contribution < 1.29 is 23.9 Å². The molecule has 35 heavy (non-hydrogen) atoms. The maximum absolute atomic E-state index is 13.5. The molecule has 0 bridgehead atoms. The minimum absolute atomic E-state index is 0.0576. The second-order valence-electron chi connectivity index (χ2n) is 8.13. The summed E-state index contributed by atoms with van der Waals surface area (Å²) < 4.78 is 13.5. The number of carboxylic acid groups (broad SMARTS) is 1. The number of anilines is 1. The fourth-order valence-corrected chi connectivity index (χ4v) is 5.46. The molecular weight excluding hydrogens is 469 g/mol. The molecule has 1 aliphatic heterocycles. The molecule has 9 heteroatoms. The lowest BCUT2D eigenvalue weighted by atomic mass is 9.91. The standard InChI is InChI=1S/C26H24FN3O4S/c1-3-20(29-24(32)17-5-4-12-28-13-17)23-15(2)21(11-10-19(23)26(33)34)30-22(31)14-35-25(30)16-6-8-18(27)9-7-16/h4-13,20,25H,3,14H2,1-2H3,(H,29,32)(H,33,34). The van der Waals surface area contributed by atoms with Crippen LogP contribution in [-0.2, 0) is 4.79 Å². The number of amides is 2. The van der Waals surface area contributed by atoms with Crippen LogP contribution in [0.15, 0.2) is 60.9 Å². The van der Waals surface area contributed by atoms with Crippen molar-refractivity contribution in [2.24, 2.45) is 0 Å². The van der Waals surface area contributed by atoms with Gasteiger partial charge in [-0.05, 0) is 66.4 Å². The molecule has 7 nitrogen and oxygen atoms in total. The number of carbonyl (C=O) groups excluding carboxylic acids is 2. The molecule has 2 heterocycles. The van der Waals surface area contributed by atoms with Gasteiger partial charge in [-0.25, -0.2) is 9.18 Å². The van der Waals surface area contributed by atoms with E-state index in [1.807, 2.05) is 6.92 Å². The van der Waals surface area contributed by atoms with Gasteiger partial charge in [0.2, 0.25) is 5.91 Å². The molecule has 180 valence electrons. The molecule has 2 unspecified atom stereocenters. The van der Waals surface area contributed by atoms with Gasteiger partial charge in [0.25, 0.3) is 5.91 Å². The van der Waals surface area contributed by atoms with Gasteiger partial charge >= 0.3 is 5.97 Å². The normalized spacial score (nSPS) is 16.3. The van der Waals surface area contributed by atoms with E-state index in [1.54, 1.807) is 48.4 Å². The zero-order chi connectivity index (χ0) is 25.1. The van der Waals surface area contributed by atoms with Crippen LogP contribution in [0.2, 0.25) is 0 Å². The maximum Gasteiger partial charge on any atom is 0.336 e. The summed E-state index contributed by atoms with van der Waals surface area (Å²) in [6, 6.07) is 11.7. The number of pyridine rings is 1. The van der Waals surface area contributed by atoms with Crippen LogP contribution in [-0.4, -0.2) is 33.6 Å². The van der Waals surface area contributed by atoms with Crippen molar-refractivity contribution in [1.29, 1.82) is 0 Å². The summed E-state index contributed by atoms with van der Waals surface area (Å²) in [5.74, 6) is -1.75. The number of benzene rings is 2. The fraction of sp³-hybridized carbons (Fsp3) is 0.231. The number of nitrogens with one attached hydrogen (secondary N) is 1. The quantitative estimate of drug-likeness (QED) is 0.486. The number of carbonyl (C=O) groups is 3. The van der Waals surface area contributed by atoms with Crippen molar-refractivity contribution in [3.05, 3.63) is 94.6 Å². The van der Waals surface area contributed by atoms with Gasteiger partial charge in [-0.1, -0.05) is 19.1 Å². The molecule has 1 saturated heterocycles. The Morgan fingerprint density at radius 1 is 1.23 bits per heavy atom. The Balaban J connectivity index is 1.77. The number of rotatable bonds is 7. The topological polar surface area (TPSA) is 99.6 Å². The second-order valence-corrected chi connectivity index (χ2v) is 9.20. The summed E-state index contributed by atoms with van der Waals surface area (Å²) in [4.78, 5) is 43.5. The Labute approximate surface area is 206 Å². The van der Waals surface area contributed by atoms with Gasteiger partial charge in [-0.3, -0.25) is 19.5 Å². The van der Waals surface area contributed by atoms with Crippen LogP contribution < -0.4 is 10.2 Å². The van der Waals surface area contributed by atoms with E-state index in [0.717, 1.165) is 5.56 Å². The third-order valence-corrected chi connectivity index (χ3v) is 7.20. The Bertz CT molecular complexity index is 1270. The van der Waals surface area contributed by atoms with Gasteiger partial charge in [0.1, 0.15) is 11.2 Å². The van der Waals surface area contributed by atoms with E-state index in [4.69, 9.17) is 0 Å². The summed E-state index contributed by atoms with van der Waals surface area (Å²) in [6.07, 6.45) is 3.43. The van der Waals surface area contributed by atoms with Crippen molar-refractivity contribution >= 4 is 35.2 Å². The zero-order valence-electron chi connectivity index (χ0n) is 19.2. The highest BCUT2D eigenvalue weighted by Crippen LogP contribution is 2.44. The van der Waals surface area contributed by atoms with Crippen LogP contribution in [0.5, 0.6) is 0 Å². The van der Waals surface area contributed by atoms with Crippen LogP contribution in [0.1, 0.15) is 62.2 Å². The highest BCUT2D eigenvalue weighted by atomic mass is 32.2. The van der Waals surface area contributed by atoms with E-state index in [2.05, 4.69) is 10.3 Å². The average molecular weight is 494 g/mol. The number of aromatic nitrogens is 1. The number of halogens is 1. The lowest BCUT2D eigenvalue weighted by Crippen LogP contribution is -2.32. The Morgan fingerprint density at radius 3 is 2.60 bits per heavy atom. The van der Waals surface area contributed by atoms with E-state index in [1.165, 1.54) is 36.2 Å². The molecular formula is C26H24FN3O4S. The van der Waals surface area contributed by atoms with Gasteiger partial charge in [-0.2, -0.15) is 0 Å². The zero-order valence-corrected chi connectivity index (χ0v) is 20.0. The molecule has 4 rings (SSSR count). The molecule has 2 amide bonds. The molecule has 1 fully saturated rings. The smallest absolute Gasteiger partial charge is 0.336 e. The predicted octanol–water partition coefficient (Wildman–Crippen LogP) is 4.89. The SMILES string of the molecule is CCC(NC(=O)c1cccnc1)c1c(C(=O)O)ccc(N2C(=O)CSC2c2ccc(F)cc2)c1C. The first kappa shape index (κ1) is 24.4. The third kappa shape index (κ3) is 4.90. The second kappa shape index (κ2) is 10.3. The molecule has 3 aromatic rings. The van der Waals surface area contributed by atoms with Crippen LogP contribution >= 0.6 is 11.8 Å². The van der Waals surface area contributed by atoms with Crippen molar-refractivity contribution in [3.8, 4) is 0 Å². The minimum Gasteiger partial charge on any atom is -0.478 e. The number of aromatic carboxylic acids is 1. The number of thioether (sulfide) groups is 1. The highest BCUT2D eigenvalue weighted by molar-refractivity contribution is 8.00. The van der Waals surface area contributed by atoms with Crippen molar-refractivity contribution in [1.82, 2.24) is 10.3 Å². The molecule has 1 aliphatic rings. The monoisotopic (exact) mass is 493 g/mol. The molecule has 2 aromatic carbocycles. The number of hydrogen-bond acceptors (Lipinski definition) is 5. The molecule has 2 atom stereocenters. The summed E-state index contributed by atoms with van der Waals surface area (Å²) in [5.41, 5.74) is 2.77. The summed E-state index contributed by atoms with van der Waals surface area (Å²) in [5, 5.41) is 12.4. The van der Waals surface area contributed by atoms with Crippen LogP contribution in [0, 0.1) is 12.7 Å². The summed E-state index contributed by atoms with van der Waals surface area (Å²) in [7, 11) is 0. The van der Waals surface area contributed by atoms with Gasteiger partial charge in [0.05, 0.1) is 22.9 Å². The van der Waals surface area contributed by atoms with Crippen molar-refractivity contribution in [2.45, 2.75) is 31.7 Å². The first-order valence-corrected chi connectivity index (χ1v) is 12.1. The molecule has 1 aromatic heterocycles. The summed E-state index contributed by atoms with van der Waals surface area (Å²) in [6.45, 7) is 3.61. The Morgan fingerprint density at radius 2 is 1.97 bits per heavy atom. The summed E-state index contributed by atoms with van der Waals surface area (Å²) >= 11 is 1.42. The van der Waals surface area contributed by atoms with Crippen LogP contribution in [0.3, 0.4) is 0 Å². The number of hydrogen-bond donors (Lipinski definition) is 2. The van der Waals surface area contributed by atoms with Gasteiger partial charge in [0, 0.05) is 18.1 Å². The molecule has 0 radical (unpaired) electrons. The van der Waals surface area contributed by atoms with E-state index in [0.29, 0.717) is 28.8 Å². The Kier molecular flexibility index (Phi) is 7.16. The van der Waals surface area contributed by atoms with Crippen molar-refractivity contribution in [2.75, 3.05) is 10.7 Å². The first-order chi connectivity index (χ1) is 16.8. The van der Waals surface area contributed by atoms with Crippen LogP contribution in [0.25, 0.3) is 0 Å². The average Bonchev–Trinajstić information content (AvgIpc) is 3.24. The maximum atomic E-state index is 13.5. The largest absolute Gasteiger partial charge is 0.478 e. The van der Waals surface area contributed by atoms with Crippen molar-refractivity contribution in [3.63, 3.8) is 0 Å². The Hall–Kier alpha value is -3.72. The lowest BCUT2D eigenvalue weighted by Gasteiger charge is -2.29. The number of carboxylic acids is 1. The molecule has 0 aliphatic carbocycles. The predicted molar refractivity (Wildman–Crippen MR) is 132 cm³/mol. The molecule has 2 N–H and O–H groups in total. The molecule has 0 spiro atoms. The fourth-order valence-electron chi connectivity index (χ4n) is 4.29. The van der Waals surface area contributed by atoms with E-state index in [-0.39, 0.29) is 34.3 Å². The number of nitrogens with zero attached hydrogens (tertiary/aromatic N) is 2. The van der Waals surface area contributed by atoms with Gasteiger partial charge < -0.3 is 10.4 Å². The lowest BCUT2D eigenvalue weighted by molar-refractivity contribution is -0.115.